The molecule has 0 spiro atoms. The zero-order valence-corrected chi connectivity index (χ0v) is 12.7. The van der Waals surface area contributed by atoms with Gasteiger partial charge in [0.15, 0.2) is 6.04 Å². The fourth-order valence-electron chi connectivity index (χ4n) is 3.24. The number of H-pyrrole nitrogens is 1. The maximum atomic E-state index is 3.64. The maximum Gasteiger partial charge on any atom is 0.153 e. The summed E-state index contributed by atoms with van der Waals surface area (Å²) in [6.45, 7) is 1.15. The minimum atomic E-state index is 0.388. The molecule has 1 atom stereocenters. The van der Waals surface area contributed by atoms with Crippen LogP contribution in [-0.2, 0) is 6.42 Å². The molecule has 0 fully saturated rings. The highest BCUT2D eigenvalue weighted by Crippen LogP contribution is 2.30. The average molecular weight is 328 g/mol. The molecule has 100 valence electrons. The van der Waals surface area contributed by atoms with Crippen molar-refractivity contribution in [3.63, 3.8) is 0 Å². The number of quaternary nitrogens is 1. The summed E-state index contributed by atoms with van der Waals surface area (Å²) in [6, 6.07) is 17.7. The molecule has 2 heterocycles. The first-order valence-corrected chi connectivity index (χ1v) is 7.80. The van der Waals surface area contributed by atoms with E-state index in [1.54, 1.807) is 0 Å². The van der Waals surface area contributed by atoms with E-state index in [2.05, 4.69) is 74.8 Å². The molecule has 0 radical (unpaired) electrons. The lowest BCUT2D eigenvalue weighted by Gasteiger charge is -2.21. The molecule has 3 heteroatoms. The van der Waals surface area contributed by atoms with Crippen molar-refractivity contribution in [1.29, 1.82) is 0 Å². The lowest BCUT2D eigenvalue weighted by Crippen LogP contribution is -2.87. The van der Waals surface area contributed by atoms with Gasteiger partial charge in [-0.25, -0.2) is 0 Å². The van der Waals surface area contributed by atoms with Gasteiger partial charge in [-0.3, -0.25) is 0 Å². The van der Waals surface area contributed by atoms with Gasteiger partial charge < -0.3 is 10.3 Å². The molecule has 2 nitrogen and oxygen atoms in total. The van der Waals surface area contributed by atoms with Gasteiger partial charge in [0, 0.05) is 27.4 Å². The lowest BCUT2D eigenvalue weighted by molar-refractivity contribution is -0.690. The topological polar surface area (TPSA) is 32.4 Å². The van der Waals surface area contributed by atoms with Crippen LogP contribution in [0.4, 0.5) is 0 Å². The minimum absolute atomic E-state index is 0.388. The Bertz CT molecular complexity index is 758. The summed E-state index contributed by atoms with van der Waals surface area (Å²) in [7, 11) is 0. The largest absolute Gasteiger partial charge is 0.353 e. The normalized spacial score (nSPS) is 18.1. The lowest BCUT2D eigenvalue weighted by atomic mass is 9.94. The summed E-state index contributed by atoms with van der Waals surface area (Å²) in [4.78, 5) is 3.64. The summed E-state index contributed by atoms with van der Waals surface area (Å²) < 4.78 is 1.13. The first-order chi connectivity index (χ1) is 9.83. The predicted octanol–water partition coefficient (Wildman–Crippen LogP) is 3.14. The van der Waals surface area contributed by atoms with Gasteiger partial charge in [0.05, 0.1) is 12.2 Å². The molecule has 1 aliphatic rings. The van der Waals surface area contributed by atoms with E-state index in [0.717, 1.165) is 17.4 Å². The molecule has 0 unspecified atom stereocenters. The van der Waals surface area contributed by atoms with Crippen molar-refractivity contribution in [2.45, 2.75) is 12.5 Å². The van der Waals surface area contributed by atoms with Gasteiger partial charge in [-0.15, -0.1) is 0 Å². The third-order valence-electron chi connectivity index (χ3n) is 4.18. The van der Waals surface area contributed by atoms with E-state index in [4.69, 9.17) is 0 Å². The number of aromatic nitrogens is 1. The summed E-state index contributed by atoms with van der Waals surface area (Å²) in [5.41, 5.74) is 5.49. The highest BCUT2D eigenvalue weighted by Gasteiger charge is 2.28. The van der Waals surface area contributed by atoms with Crippen molar-refractivity contribution in [3.05, 3.63) is 69.8 Å². The molecule has 3 N–H and O–H groups in total. The molecule has 20 heavy (non-hydrogen) atoms. The fraction of sp³-hybridized carbons (Fsp3) is 0.176. The number of fused-ring (bicyclic) bond motifs is 3. The quantitative estimate of drug-likeness (QED) is 0.688. The fourth-order valence-corrected chi connectivity index (χ4v) is 3.51. The van der Waals surface area contributed by atoms with Crippen LogP contribution >= 0.6 is 15.9 Å². The Hall–Kier alpha value is -1.58. The smallest absolute Gasteiger partial charge is 0.153 e. The van der Waals surface area contributed by atoms with Crippen LogP contribution in [0, 0.1) is 0 Å². The standard InChI is InChI=1S/C17H15BrN2/c18-12-7-5-11(6-8-12)16-17-14(9-10-19-16)13-3-1-2-4-15(13)20-17/h1-8,16,19-20H,9-10H2/p+1/t16-/m1/s1. The van der Waals surface area contributed by atoms with Gasteiger partial charge in [0.1, 0.15) is 0 Å². The van der Waals surface area contributed by atoms with Crippen LogP contribution in [0.1, 0.15) is 22.9 Å². The van der Waals surface area contributed by atoms with E-state index in [9.17, 15) is 0 Å². The summed E-state index contributed by atoms with van der Waals surface area (Å²) in [5, 5.41) is 3.82. The van der Waals surface area contributed by atoms with E-state index in [1.807, 2.05) is 0 Å². The van der Waals surface area contributed by atoms with Crippen LogP contribution < -0.4 is 5.32 Å². The number of halogens is 1. The number of nitrogens with one attached hydrogen (secondary N) is 1. The molecule has 0 saturated heterocycles. The van der Waals surface area contributed by atoms with E-state index in [1.165, 1.54) is 27.7 Å². The molecule has 2 aromatic carbocycles. The second-order valence-electron chi connectivity index (χ2n) is 5.37. The number of hydrogen-bond donors (Lipinski definition) is 2. The Morgan fingerprint density at radius 1 is 1.05 bits per heavy atom. The molecule has 4 rings (SSSR count). The van der Waals surface area contributed by atoms with Crippen LogP contribution in [0.15, 0.2) is 53.0 Å². The first kappa shape index (κ1) is 12.2. The van der Waals surface area contributed by atoms with Gasteiger partial charge in [-0.2, -0.15) is 0 Å². The molecule has 0 saturated carbocycles. The van der Waals surface area contributed by atoms with Crippen molar-refractivity contribution in [2.24, 2.45) is 0 Å². The Balaban J connectivity index is 1.87. The Labute approximate surface area is 126 Å². The van der Waals surface area contributed by atoms with E-state index >= 15 is 0 Å². The predicted molar refractivity (Wildman–Crippen MR) is 84.8 cm³/mol. The Morgan fingerprint density at radius 3 is 2.70 bits per heavy atom. The maximum absolute atomic E-state index is 3.64. The number of nitrogens with two attached hydrogens (primary N) is 1. The first-order valence-electron chi connectivity index (χ1n) is 7.01. The van der Waals surface area contributed by atoms with Gasteiger partial charge in [0.2, 0.25) is 0 Å². The van der Waals surface area contributed by atoms with Crippen molar-refractivity contribution in [3.8, 4) is 0 Å². The van der Waals surface area contributed by atoms with Crippen LogP contribution in [0.5, 0.6) is 0 Å². The van der Waals surface area contributed by atoms with Gasteiger partial charge in [-0.05, 0) is 23.8 Å². The Morgan fingerprint density at radius 2 is 1.85 bits per heavy atom. The van der Waals surface area contributed by atoms with Crippen LogP contribution in [0.2, 0.25) is 0 Å². The van der Waals surface area contributed by atoms with Crippen molar-refractivity contribution >= 4 is 26.8 Å². The number of benzene rings is 2. The van der Waals surface area contributed by atoms with E-state index in [0.29, 0.717) is 6.04 Å². The summed E-state index contributed by atoms with van der Waals surface area (Å²) >= 11 is 3.51. The molecular weight excluding hydrogens is 312 g/mol. The monoisotopic (exact) mass is 327 g/mol. The van der Waals surface area contributed by atoms with Crippen LogP contribution in [0.25, 0.3) is 10.9 Å². The summed E-state index contributed by atoms with van der Waals surface area (Å²) in [6.07, 6.45) is 1.15. The van der Waals surface area contributed by atoms with Crippen molar-refractivity contribution in [2.75, 3.05) is 6.54 Å². The number of aromatic amines is 1. The number of rotatable bonds is 1. The zero-order chi connectivity index (χ0) is 13.5. The zero-order valence-electron chi connectivity index (χ0n) is 11.1. The number of para-hydroxylation sites is 1. The van der Waals surface area contributed by atoms with Gasteiger partial charge in [-0.1, -0.05) is 46.3 Å². The molecule has 1 aromatic heterocycles. The summed E-state index contributed by atoms with van der Waals surface area (Å²) in [5.74, 6) is 0. The third-order valence-corrected chi connectivity index (χ3v) is 4.71. The molecular formula is C17H16BrN2+. The molecule has 1 aliphatic heterocycles. The molecule has 0 amide bonds. The second kappa shape index (κ2) is 4.76. The number of hydrogen-bond acceptors (Lipinski definition) is 0. The molecule has 0 aliphatic carbocycles. The van der Waals surface area contributed by atoms with Crippen molar-refractivity contribution < 1.29 is 5.32 Å². The van der Waals surface area contributed by atoms with Crippen LogP contribution in [-0.4, -0.2) is 11.5 Å². The molecule has 0 bridgehead atoms. The van der Waals surface area contributed by atoms with Gasteiger partial charge in [0.25, 0.3) is 0 Å². The second-order valence-corrected chi connectivity index (χ2v) is 6.28. The highest BCUT2D eigenvalue weighted by atomic mass is 79.9. The van der Waals surface area contributed by atoms with E-state index < -0.39 is 0 Å². The SMILES string of the molecule is Brc1ccc([C@H]2[NH2+]CCc3c2[nH]c2ccccc32)cc1. The van der Waals surface area contributed by atoms with E-state index in [-0.39, 0.29) is 0 Å². The Kier molecular flexibility index (Phi) is 2.90. The van der Waals surface area contributed by atoms with Crippen molar-refractivity contribution in [1.82, 2.24) is 4.98 Å². The minimum Gasteiger partial charge on any atom is -0.353 e. The van der Waals surface area contributed by atoms with Crippen LogP contribution in [0.3, 0.4) is 0 Å². The van der Waals surface area contributed by atoms with Gasteiger partial charge >= 0.3 is 0 Å². The highest BCUT2D eigenvalue weighted by molar-refractivity contribution is 9.10. The molecule has 3 aromatic rings. The average Bonchev–Trinajstić information content (AvgIpc) is 2.87. The third kappa shape index (κ3) is 1.89.